The van der Waals surface area contributed by atoms with Crippen molar-refractivity contribution in [3.8, 4) is 5.75 Å². The molecule has 7 nitrogen and oxygen atoms in total. The largest absolute Gasteiger partial charge is 0.491 e. The summed E-state index contributed by atoms with van der Waals surface area (Å²) in [5.74, 6) is -0.380. The molecule has 156 valence electrons. The van der Waals surface area contributed by atoms with Gasteiger partial charge in [0.25, 0.3) is 0 Å². The number of amides is 2. The normalized spacial score (nSPS) is 18.5. The van der Waals surface area contributed by atoms with E-state index in [0.29, 0.717) is 30.8 Å². The van der Waals surface area contributed by atoms with Gasteiger partial charge in [-0.1, -0.05) is 0 Å². The summed E-state index contributed by atoms with van der Waals surface area (Å²) in [4.78, 5) is 24.6. The summed E-state index contributed by atoms with van der Waals surface area (Å²) in [6.07, 6.45) is -4.25. The number of aliphatic hydroxyl groups excluding tert-OH is 1. The predicted molar refractivity (Wildman–Crippen MR) is 95.9 cm³/mol. The van der Waals surface area contributed by atoms with E-state index in [9.17, 15) is 27.9 Å². The molecule has 0 aliphatic carbocycles. The third-order valence-electron chi connectivity index (χ3n) is 4.19. The number of nitrogens with one attached hydrogen (secondary N) is 2. The fraction of sp³-hybridized carbons (Fsp3) is 0.556. The van der Waals surface area contributed by atoms with Crippen LogP contribution in [0.5, 0.6) is 5.75 Å². The van der Waals surface area contributed by atoms with Crippen LogP contribution in [0.15, 0.2) is 24.3 Å². The summed E-state index contributed by atoms with van der Waals surface area (Å²) in [5, 5.41) is 14.7. The van der Waals surface area contributed by atoms with Gasteiger partial charge in [0.15, 0.2) is 0 Å². The van der Waals surface area contributed by atoms with Crippen molar-refractivity contribution in [3.63, 3.8) is 0 Å². The first-order valence-electron chi connectivity index (χ1n) is 8.91. The topological polar surface area (TPSA) is 90.9 Å². The number of hydrogen-bond acceptors (Lipinski definition) is 5. The Kier molecular flexibility index (Phi) is 7.64. The summed E-state index contributed by atoms with van der Waals surface area (Å²) in [7, 11) is 0. The van der Waals surface area contributed by atoms with E-state index in [1.807, 2.05) is 5.32 Å². The van der Waals surface area contributed by atoms with Gasteiger partial charge in [-0.15, -0.1) is 0 Å². The number of β-amino-alcohol motifs (C(OH)–C–C–N with tert-alkyl or cyclic N) is 1. The van der Waals surface area contributed by atoms with E-state index in [1.165, 1.54) is 6.92 Å². The number of halogens is 3. The van der Waals surface area contributed by atoms with Crippen molar-refractivity contribution < 1.29 is 32.6 Å². The summed E-state index contributed by atoms with van der Waals surface area (Å²) >= 11 is 0. The molecule has 0 spiro atoms. The van der Waals surface area contributed by atoms with E-state index in [2.05, 4.69) is 5.32 Å². The second-order valence-corrected chi connectivity index (χ2v) is 6.66. The maximum absolute atomic E-state index is 12.3. The van der Waals surface area contributed by atoms with Crippen LogP contribution >= 0.6 is 0 Å². The average Bonchev–Trinajstić information content (AvgIpc) is 3.06. The molecule has 0 radical (unpaired) electrons. The van der Waals surface area contributed by atoms with Gasteiger partial charge < -0.3 is 20.5 Å². The number of ether oxygens (including phenoxy) is 1. The standard InChI is InChI=1S/C18H24F3N3O4/c1-12(25)23-13-4-6-15(7-5-13)28-10-14(26)9-24-8-2-3-16(24)17(27)22-11-18(19,20)21/h4-7,14,16,26H,2-3,8-11H2,1H3,(H,22,27)(H,23,25). The minimum absolute atomic E-state index is 0.0348. The van der Waals surface area contributed by atoms with Crippen LogP contribution in [-0.4, -0.2) is 66.4 Å². The summed E-state index contributed by atoms with van der Waals surface area (Å²) < 4.78 is 42.2. The molecule has 3 N–H and O–H groups in total. The van der Waals surface area contributed by atoms with Crippen molar-refractivity contribution in [2.24, 2.45) is 0 Å². The van der Waals surface area contributed by atoms with Crippen LogP contribution in [0.3, 0.4) is 0 Å². The monoisotopic (exact) mass is 403 g/mol. The van der Waals surface area contributed by atoms with Crippen LogP contribution in [0.1, 0.15) is 19.8 Å². The van der Waals surface area contributed by atoms with Crippen LogP contribution in [0.2, 0.25) is 0 Å². The first-order valence-corrected chi connectivity index (χ1v) is 8.91. The molecule has 1 heterocycles. The molecule has 0 saturated carbocycles. The summed E-state index contributed by atoms with van der Waals surface area (Å²) in [6.45, 7) is 0.639. The fourth-order valence-corrected chi connectivity index (χ4v) is 3.00. The zero-order valence-corrected chi connectivity index (χ0v) is 15.5. The second-order valence-electron chi connectivity index (χ2n) is 6.66. The lowest BCUT2D eigenvalue weighted by molar-refractivity contribution is -0.141. The molecule has 1 aromatic carbocycles. The number of anilines is 1. The minimum atomic E-state index is -4.46. The molecule has 28 heavy (non-hydrogen) atoms. The number of carbonyl (C=O) groups is 2. The highest BCUT2D eigenvalue weighted by Crippen LogP contribution is 2.20. The van der Waals surface area contributed by atoms with Crippen LogP contribution in [0.4, 0.5) is 18.9 Å². The first kappa shape index (κ1) is 22.0. The smallest absolute Gasteiger partial charge is 0.405 e. The number of alkyl halides is 3. The SMILES string of the molecule is CC(=O)Nc1ccc(OCC(O)CN2CCCC2C(=O)NCC(F)(F)F)cc1. The van der Waals surface area contributed by atoms with E-state index in [1.54, 1.807) is 29.2 Å². The number of rotatable bonds is 8. The molecule has 10 heteroatoms. The molecule has 0 bridgehead atoms. The van der Waals surface area contributed by atoms with Crippen LogP contribution in [-0.2, 0) is 9.59 Å². The van der Waals surface area contributed by atoms with Gasteiger partial charge in [0, 0.05) is 19.2 Å². The maximum Gasteiger partial charge on any atom is 0.405 e. The van der Waals surface area contributed by atoms with Gasteiger partial charge in [-0.05, 0) is 43.7 Å². The average molecular weight is 403 g/mol. The minimum Gasteiger partial charge on any atom is -0.491 e. The second kappa shape index (κ2) is 9.74. The van der Waals surface area contributed by atoms with E-state index in [-0.39, 0.29) is 19.1 Å². The van der Waals surface area contributed by atoms with E-state index < -0.39 is 30.8 Å². The lowest BCUT2D eigenvalue weighted by Crippen LogP contribution is -2.48. The zero-order valence-electron chi connectivity index (χ0n) is 15.5. The molecule has 2 amide bonds. The number of nitrogens with zero attached hydrogens (tertiary/aromatic N) is 1. The molecule has 1 fully saturated rings. The van der Waals surface area contributed by atoms with Gasteiger partial charge in [0.1, 0.15) is 25.0 Å². The Labute approximate surface area is 160 Å². The van der Waals surface area contributed by atoms with Crippen LogP contribution in [0.25, 0.3) is 0 Å². The van der Waals surface area contributed by atoms with E-state index in [0.717, 1.165) is 0 Å². The van der Waals surface area contributed by atoms with Crippen molar-refractivity contribution in [2.45, 2.75) is 38.1 Å². The highest BCUT2D eigenvalue weighted by Gasteiger charge is 2.34. The Hall–Kier alpha value is -2.33. The van der Waals surface area contributed by atoms with Crippen molar-refractivity contribution in [1.82, 2.24) is 10.2 Å². The molecule has 2 atom stereocenters. The molecule has 2 unspecified atom stereocenters. The van der Waals surface area contributed by atoms with Crippen LogP contribution in [0, 0.1) is 0 Å². The molecule has 2 rings (SSSR count). The van der Waals surface area contributed by atoms with Crippen LogP contribution < -0.4 is 15.4 Å². The number of aliphatic hydroxyl groups is 1. The van der Waals surface area contributed by atoms with E-state index >= 15 is 0 Å². The Morgan fingerprint density at radius 2 is 2.00 bits per heavy atom. The van der Waals surface area contributed by atoms with Crippen molar-refractivity contribution >= 4 is 17.5 Å². The molecular weight excluding hydrogens is 379 g/mol. The quantitative estimate of drug-likeness (QED) is 0.613. The molecule has 1 aliphatic rings. The van der Waals surface area contributed by atoms with Gasteiger partial charge in [-0.3, -0.25) is 14.5 Å². The summed E-state index contributed by atoms with van der Waals surface area (Å²) in [6, 6.07) is 5.91. The lowest BCUT2D eigenvalue weighted by atomic mass is 10.2. The lowest BCUT2D eigenvalue weighted by Gasteiger charge is -2.26. The van der Waals surface area contributed by atoms with Crippen molar-refractivity contribution in [3.05, 3.63) is 24.3 Å². The van der Waals surface area contributed by atoms with Crippen molar-refractivity contribution in [1.29, 1.82) is 0 Å². The number of carbonyl (C=O) groups excluding carboxylic acids is 2. The predicted octanol–water partition coefficient (Wildman–Crippen LogP) is 1.53. The van der Waals surface area contributed by atoms with Gasteiger partial charge in [0.05, 0.1) is 6.04 Å². The zero-order chi connectivity index (χ0) is 20.7. The van der Waals surface area contributed by atoms with Gasteiger partial charge in [-0.2, -0.15) is 13.2 Å². The molecule has 0 aromatic heterocycles. The third kappa shape index (κ3) is 7.35. The van der Waals surface area contributed by atoms with Gasteiger partial charge >= 0.3 is 6.18 Å². The number of likely N-dealkylation sites (tertiary alicyclic amines) is 1. The Morgan fingerprint density at radius 3 is 2.61 bits per heavy atom. The fourth-order valence-electron chi connectivity index (χ4n) is 3.00. The Balaban J connectivity index is 1.79. The Bertz CT molecular complexity index is 667. The molecule has 1 aromatic rings. The molecular formula is C18H24F3N3O4. The number of benzene rings is 1. The van der Waals surface area contributed by atoms with E-state index in [4.69, 9.17) is 4.74 Å². The third-order valence-corrected chi connectivity index (χ3v) is 4.19. The highest BCUT2D eigenvalue weighted by molar-refractivity contribution is 5.88. The van der Waals surface area contributed by atoms with Crippen molar-refractivity contribution in [2.75, 3.05) is 31.6 Å². The first-order chi connectivity index (χ1) is 13.1. The molecule has 1 aliphatic heterocycles. The Morgan fingerprint density at radius 1 is 1.32 bits per heavy atom. The van der Waals surface area contributed by atoms with Gasteiger partial charge in [-0.25, -0.2) is 0 Å². The molecule has 1 saturated heterocycles. The summed E-state index contributed by atoms with van der Waals surface area (Å²) in [5.41, 5.74) is 0.616. The maximum atomic E-state index is 12.3. The number of hydrogen-bond donors (Lipinski definition) is 3. The highest BCUT2D eigenvalue weighted by atomic mass is 19.4. The van der Waals surface area contributed by atoms with Gasteiger partial charge in [0.2, 0.25) is 11.8 Å².